The zero-order valence-electron chi connectivity index (χ0n) is 9.45. The Balaban J connectivity index is 3.02. The van der Waals surface area contributed by atoms with Crippen LogP contribution in [0, 0.1) is 0 Å². The summed E-state index contributed by atoms with van der Waals surface area (Å²) in [6, 6.07) is 6.23. The molecule has 7 nitrogen and oxygen atoms in total. The Hall–Kier alpha value is -1.80. The molecular formula is C9H14N4O3S. The van der Waals surface area contributed by atoms with Gasteiger partial charge in [-0.15, -0.1) is 0 Å². The summed E-state index contributed by atoms with van der Waals surface area (Å²) in [5.41, 5.74) is 6.16. The highest BCUT2D eigenvalue weighted by atomic mass is 32.2. The Morgan fingerprint density at radius 1 is 1.47 bits per heavy atom. The normalized spacial score (nSPS) is 12.8. The van der Waals surface area contributed by atoms with Crippen molar-refractivity contribution in [2.75, 3.05) is 18.8 Å². The van der Waals surface area contributed by atoms with Crippen molar-refractivity contribution >= 4 is 21.7 Å². The molecule has 1 aromatic rings. The van der Waals surface area contributed by atoms with Gasteiger partial charge >= 0.3 is 10.2 Å². The molecule has 0 heterocycles. The molecule has 0 atom stereocenters. The molecule has 0 amide bonds. The summed E-state index contributed by atoms with van der Waals surface area (Å²) in [5.74, 6) is -0.0871. The first-order valence-electron chi connectivity index (χ1n) is 4.65. The molecule has 1 aromatic carbocycles. The number of anilines is 1. The van der Waals surface area contributed by atoms with Gasteiger partial charge < -0.3 is 10.9 Å². The minimum absolute atomic E-state index is 0.0871. The first-order chi connectivity index (χ1) is 7.86. The molecule has 0 saturated heterocycles. The molecule has 0 aliphatic heterocycles. The van der Waals surface area contributed by atoms with Crippen LogP contribution >= 0.6 is 0 Å². The topological polar surface area (TPSA) is 108 Å². The second-order valence-electron chi connectivity index (χ2n) is 3.46. The Labute approximate surface area is 99.7 Å². The van der Waals surface area contributed by atoms with E-state index < -0.39 is 10.2 Å². The number of hydrogen-bond acceptors (Lipinski definition) is 4. The fraction of sp³-hybridized carbons (Fsp3) is 0.222. The molecule has 0 aliphatic rings. The zero-order chi connectivity index (χ0) is 13.1. The predicted octanol–water partition coefficient (Wildman–Crippen LogP) is -0.000600. The van der Waals surface area contributed by atoms with Crippen LogP contribution < -0.4 is 10.5 Å². The van der Waals surface area contributed by atoms with Crippen molar-refractivity contribution in [3.63, 3.8) is 0 Å². The van der Waals surface area contributed by atoms with Gasteiger partial charge in [0.2, 0.25) is 0 Å². The molecule has 0 aliphatic carbocycles. The maximum Gasteiger partial charge on any atom is 0.301 e. The molecule has 0 aromatic heterocycles. The van der Waals surface area contributed by atoms with E-state index in [0.29, 0.717) is 11.3 Å². The summed E-state index contributed by atoms with van der Waals surface area (Å²) in [7, 11) is -0.735. The van der Waals surface area contributed by atoms with Gasteiger partial charge in [-0.1, -0.05) is 17.3 Å². The SMILES string of the molecule is CN(C)S(=O)(=O)Nc1cccc(/C(N)=N/O)c1. The standard InChI is InChI=1S/C9H14N4O3S/c1-13(2)17(15,16)12-8-5-3-4-7(6-8)9(10)11-14/h3-6,12,14H,1-2H3,(H2,10,11). The molecule has 0 spiro atoms. The molecule has 94 valence electrons. The van der Waals surface area contributed by atoms with Gasteiger partial charge in [0.15, 0.2) is 5.84 Å². The van der Waals surface area contributed by atoms with Crippen LogP contribution in [-0.4, -0.2) is 37.9 Å². The first kappa shape index (κ1) is 13.3. The summed E-state index contributed by atoms with van der Waals surface area (Å²) in [4.78, 5) is 0. The Kier molecular flexibility index (Phi) is 3.92. The number of benzene rings is 1. The second kappa shape index (κ2) is 5.02. The lowest BCUT2D eigenvalue weighted by molar-refractivity contribution is 0.318. The number of rotatable bonds is 4. The lowest BCUT2D eigenvalue weighted by Gasteiger charge is -2.13. The van der Waals surface area contributed by atoms with Gasteiger partial charge in [0, 0.05) is 19.7 Å². The molecule has 17 heavy (non-hydrogen) atoms. The van der Waals surface area contributed by atoms with Crippen LogP contribution in [0.25, 0.3) is 0 Å². The highest BCUT2D eigenvalue weighted by Crippen LogP contribution is 2.12. The van der Waals surface area contributed by atoms with E-state index in [0.717, 1.165) is 4.31 Å². The molecule has 0 saturated carbocycles. The van der Waals surface area contributed by atoms with Crippen LogP contribution in [0.15, 0.2) is 29.4 Å². The van der Waals surface area contributed by atoms with Crippen LogP contribution in [0.3, 0.4) is 0 Å². The Morgan fingerprint density at radius 2 is 2.12 bits per heavy atom. The van der Waals surface area contributed by atoms with E-state index in [1.807, 2.05) is 0 Å². The summed E-state index contributed by atoms with van der Waals surface area (Å²) in [6.45, 7) is 0. The summed E-state index contributed by atoms with van der Waals surface area (Å²) in [6.07, 6.45) is 0. The first-order valence-corrected chi connectivity index (χ1v) is 6.09. The average molecular weight is 258 g/mol. The summed E-state index contributed by atoms with van der Waals surface area (Å²) < 4.78 is 26.5. The number of amidine groups is 1. The van der Waals surface area contributed by atoms with Crippen molar-refractivity contribution in [3.8, 4) is 0 Å². The van der Waals surface area contributed by atoms with E-state index in [9.17, 15) is 8.42 Å². The fourth-order valence-corrected chi connectivity index (χ4v) is 1.65. The van der Waals surface area contributed by atoms with Gasteiger partial charge in [-0.25, -0.2) is 0 Å². The molecule has 0 unspecified atom stereocenters. The van der Waals surface area contributed by atoms with Crippen molar-refractivity contribution in [2.24, 2.45) is 10.9 Å². The third kappa shape index (κ3) is 3.33. The third-order valence-electron chi connectivity index (χ3n) is 1.99. The van der Waals surface area contributed by atoms with E-state index in [1.54, 1.807) is 18.2 Å². The highest BCUT2D eigenvalue weighted by Gasteiger charge is 2.13. The number of nitrogens with two attached hydrogens (primary N) is 1. The van der Waals surface area contributed by atoms with E-state index in [4.69, 9.17) is 10.9 Å². The Bertz CT molecular complexity index is 525. The minimum atomic E-state index is -3.56. The second-order valence-corrected chi connectivity index (χ2v) is 5.34. The molecule has 1 rings (SSSR count). The van der Waals surface area contributed by atoms with Gasteiger partial charge in [-0.2, -0.15) is 12.7 Å². The number of oxime groups is 1. The van der Waals surface area contributed by atoms with Gasteiger partial charge in [0.05, 0.1) is 5.69 Å². The van der Waals surface area contributed by atoms with E-state index in [1.165, 1.54) is 20.2 Å². The summed E-state index contributed by atoms with van der Waals surface area (Å²) >= 11 is 0. The maximum absolute atomic E-state index is 11.6. The van der Waals surface area contributed by atoms with Crippen molar-refractivity contribution in [1.82, 2.24) is 4.31 Å². The van der Waals surface area contributed by atoms with Crippen LogP contribution in [0.4, 0.5) is 5.69 Å². The van der Waals surface area contributed by atoms with E-state index in [2.05, 4.69) is 9.88 Å². The lowest BCUT2D eigenvalue weighted by Crippen LogP contribution is -2.29. The zero-order valence-corrected chi connectivity index (χ0v) is 10.3. The van der Waals surface area contributed by atoms with Gasteiger partial charge in [-0.05, 0) is 12.1 Å². The predicted molar refractivity (Wildman–Crippen MR) is 65.2 cm³/mol. The van der Waals surface area contributed by atoms with Crippen LogP contribution in [0.5, 0.6) is 0 Å². The highest BCUT2D eigenvalue weighted by molar-refractivity contribution is 7.90. The quantitative estimate of drug-likeness (QED) is 0.306. The van der Waals surface area contributed by atoms with Gasteiger partial charge in [0.25, 0.3) is 0 Å². The monoisotopic (exact) mass is 258 g/mol. The average Bonchev–Trinajstić information content (AvgIpc) is 2.27. The molecule has 0 fully saturated rings. The summed E-state index contributed by atoms with van der Waals surface area (Å²) in [5, 5.41) is 11.4. The van der Waals surface area contributed by atoms with Crippen LogP contribution in [0.2, 0.25) is 0 Å². The minimum Gasteiger partial charge on any atom is -0.409 e. The number of hydrogen-bond donors (Lipinski definition) is 3. The van der Waals surface area contributed by atoms with E-state index >= 15 is 0 Å². The molecule has 0 radical (unpaired) electrons. The molecular weight excluding hydrogens is 244 g/mol. The Morgan fingerprint density at radius 3 is 2.65 bits per heavy atom. The van der Waals surface area contributed by atoms with Gasteiger partial charge in [0.1, 0.15) is 0 Å². The third-order valence-corrected chi connectivity index (χ3v) is 3.45. The van der Waals surface area contributed by atoms with Crippen molar-refractivity contribution in [1.29, 1.82) is 0 Å². The van der Waals surface area contributed by atoms with Crippen LogP contribution in [-0.2, 0) is 10.2 Å². The van der Waals surface area contributed by atoms with Crippen LogP contribution in [0.1, 0.15) is 5.56 Å². The molecule has 8 heteroatoms. The smallest absolute Gasteiger partial charge is 0.301 e. The van der Waals surface area contributed by atoms with Crippen molar-refractivity contribution in [2.45, 2.75) is 0 Å². The van der Waals surface area contributed by atoms with Gasteiger partial charge in [-0.3, -0.25) is 4.72 Å². The number of nitrogens with zero attached hydrogens (tertiary/aromatic N) is 2. The largest absolute Gasteiger partial charge is 0.409 e. The van der Waals surface area contributed by atoms with Crippen molar-refractivity contribution < 1.29 is 13.6 Å². The maximum atomic E-state index is 11.6. The lowest BCUT2D eigenvalue weighted by atomic mass is 10.2. The fourth-order valence-electron chi connectivity index (χ4n) is 1.04. The van der Waals surface area contributed by atoms with Crippen molar-refractivity contribution in [3.05, 3.63) is 29.8 Å². The molecule has 4 N–H and O–H groups in total. The molecule has 0 bridgehead atoms. The van der Waals surface area contributed by atoms with E-state index in [-0.39, 0.29) is 5.84 Å². The number of nitrogens with one attached hydrogen (secondary N) is 1.